The lowest BCUT2D eigenvalue weighted by atomic mass is 10.1. The van der Waals surface area contributed by atoms with Gasteiger partial charge in [-0.3, -0.25) is 4.79 Å². The molecule has 1 amide bonds. The predicted octanol–water partition coefficient (Wildman–Crippen LogP) is 3.82. The SMILES string of the molecule is CC(C)N(C(=O)c1ccc(S(=O)(=O)NC(C)(C)C)cc1)c1ccccc1. The Morgan fingerprint density at radius 2 is 1.50 bits per heavy atom. The minimum absolute atomic E-state index is 0.0316. The molecular formula is C20H26N2O3S. The van der Waals surface area contributed by atoms with Crippen LogP contribution in [0.2, 0.25) is 0 Å². The third-order valence-corrected chi connectivity index (χ3v) is 5.40. The molecule has 0 unspecified atom stereocenters. The average Bonchev–Trinajstić information content (AvgIpc) is 2.53. The molecule has 0 bridgehead atoms. The fourth-order valence-electron chi connectivity index (χ4n) is 2.62. The zero-order valence-electron chi connectivity index (χ0n) is 15.9. The molecule has 140 valence electrons. The number of hydrogen-bond acceptors (Lipinski definition) is 3. The molecule has 0 heterocycles. The molecule has 0 aliphatic heterocycles. The number of para-hydroxylation sites is 1. The Hall–Kier alpha value is -2.18. The van der Waals surface area contributed by atoms with E-state index in [9.17, 15) is 13.2 Å². The Kier molecular flexibility index (Phi) is 5.88. The number of carbonyl (C=O) groups excluding carboxylic acids is 1. The van der Waals surface area contributed by atoms with Gasteiger partial charge < -0.3 is 4.90 Å². The lowest BCUT2D eigenvalue weighted by Crippen LogP contribution is -2.40. The Morgan fingerprint density at radius 3 is 1.96 bits per heavy atom. The molecule has 0 saturated heterocycles. The number of nitrogens with zero attached hydrogens (tertiary/aromatic N) is 1. The second-order valence-corrected chi connectivity index (χ2v) is 9.17. The summed E-state index contributed by atoms with van der Waals surface area (Å²) in [5.41, 5.74) is 0.672. The average molecular weight is 375 g/mol. The van der Waals surface area contributed by atoms with Gasteiger partial charge in [0.25, 0.3) is 5.91 Å². The largest absolute Gasteiger partial charge is 0.306 e. The standard InChI is InChI=1S/C20H26N2O3S/c1-15(2)22(17-9-7-6-8-10-17)19(23)16-11-13-18(14-12-16)26(24,25)21-20(3,4)5/h6-15,21H,1-5H3. The van der Waals surface area contributed by atoms with Crippen molar-refractivity contribution < 1.29 is 13.2 Å². The van der Waals surface area contributed by atoms with Crippen LogP contribution in [-0.4, -0.2) is 25.9 Å². The van der Waals surface area contributed by atoms with E-state index in [0.717, 1.165) is 5.69 Å². The van der Waals surface area contributed by atoms with E-state index in [1.807, 2.05) is 44.2 Å². The number of sulfonamides is 1. The third kappa shape index (κ3) is 4.93. The summed E-state index contributed by atoms with van der Waals surface area (Å²) < 4.78 is 27.4. The molecule has 0 spiro atoms. The first kappa shape index (κ1) is 20.1. The first-order chi connectivity index (χ1) is 12.0. The van der Waals surface area contributed by atoms with Crippen LogP contribution in [0.5, 0.6) is 0 Å². The molecular weight excluding hydrogens is 348 g/mol. The van der Waals surface area contributed by atoms with Gasteiger partial charge >= 0.3 is 0 Å². The minimum Gasteiger partial charge on any atom is -0.306 e. The molecule has 2 aromatic carbocycles. The van der Waals surface area contributed by atoms with E-state index in [1.54, 1.807) is 37.8 Å². The predicted molar refractivity (Wildman–Crippen MR) is 105 cm³/mol. The van der Waals surface area contributed by atoms with Crippen molar-refractivity contribution in [3.63, 3.8) is 0 Å². The zero-order valence-corrected chi connectivity index (χ0v) is 16.7. The summed E-state index contributed by atoms with van der Waals surface area (Å²) in [5, 5.41) is 0. The van der Waals surface area contributed by atoms with Crippen molar-refractivity contribution in [1.29, 1.82) is 0 Å². The number of benzene rings is 2. The summed E-state index contributed by atoms with van der Waals surface area (Å²) >= 11 is 0. The van der Waals surface area contributed by atoms with Crippen molar-refractivity contribution in [3.05, 3.63) is 60.2 Å². The highest BCUT2D eigenvalue weighted by atomic mass is 32.2. The van der Waals surface area contributed by atoms with E-state index in [0.29, 0.717) is 5.56 Å². The van der Waals surface area contributed by atoms with Crippen molar-refractivity contribution in [3.8, 4) is 0 Å². The van der Waals surface area contributed by atoms with Gasteiger partial charge in [-0.05, 0) is 71.0 Å². The van der Waals surface area contributed by atoms with Gasteiger partial charge in [-0.2, -0.15) is 0 Å². The van der Waals surface area contributed by atoms with Gasteiger partial charge in [-0.25, -0.2) is 13.1 Å². The van der Waals surface area contributed by atoms with Crippen LogP contribution < -0.4 is 9.62 Å². The molecule has 0 radical (unpaired) electrons. The van der Waals surface area contributed by atoms with Crippen LogP contribution in [0.25, 0.3) is 0 Å². The minimum atomic E-state index is -3.62. The highest BCUT2D eigenvalue weighted by Crippen LogP contribution is 2.21. The topological polar surface area (TPSA) is 66.5 Å². The van der Waals surface area contributed by atoms with Gasteiger partial charge in [0.15, 0.2) is 0 Å². The molecule has 5 nitrogen and oxygen atoms in total. The van der Waals surface area contributed by atoms with Crippen LogP contribution in [0.1, 0.15) is 45.0 Å². The number of nitrogens with one attached hydrogen (secondary N) is 1. The van der Waals surface area contributed by atoms with Crippen molar-refractivity contribution in [2.75, 3.05) is 4.90 Å². The van der Waals surface area contributed by atoms with Crippen LogP contribution in [-0.2, 0) is 10.0 Å². The monoisotopic (exact) mass is 374 g/mol. The molecule has 0 aromatic heterocycles. The van der Waals surface area contributed by atoms with Crippen LogP contribution in [0, 0.1) is 0 Å². The fourth-order valence-corrected chi connectivity index (χ4v) is 4.03. The van der Waals surface area contributed by atoms with Gasteiger partial charge in [0, 0.05) is 22.8 Å². The molecule has 1 N–H and O–H groups in total. The maximum atomic E-state index is 12.9. The lowest BCUT2D eigenvalue weighted by molar-refractivity contribution is 0.0980. The van der Waals surface area contributed by atoms with E-state index >= 15 is 0 Å². The van der Waals surface area contributed by atoms with Crippen molar-refractivity contribution in [2.45, 2.75) is 51.1 Å². The van der Waals surface area contributed by atoms with Crippen LogP contribution >= 0.6 is 0 Å². The summed E-state index contributed by atoms with van der Waals surface area (Å²) in [6.45, 7) is 9.22. The van der Waals surface area contributed by atoms with E-state index < -0.39 is 15.6 Å². The highest BCUT2D eigenvalue weighted by molar-refractivity contribution is 7.89. The maximum Gasteiger partial charge on any atom is 0.258 e. The molecule has 0 fully saturated rings. The number of carbonyl (C=O) groups is 1. The smallest absolute Gasteiger partial charge is 0.258 e. The summed E-state index contributed by atoms with van der Waals surface area (Å²) in [6.07, 6.45) is 0. The molecule has 0 atom stereocenters. The molecule has 26 heavy (non-hydrogen) atoms. The van der Waals surface area contributed by atoms with Gasteiger partial charge in [0.05, 0.1) is 4.90 Å². The Balaban J connectivity index is 2.31. The fraction of sp³-hybridized carbons (Fsp3) is 0.350. The highest BCUT2D eigenvalue weighted by Gasteiger charge is 2.24. The number of hydrogen-bond donors (Lipinski definition) is 1. The van der Waals surface area contributed by atoms with Gasteiger partial charge in [0.2, 0.25) is 10.0 Å². The molecule has 2 rings (SSSR count). The summed E-state index contributed by atoms with van der Waals surface area (Å²) in [4.78, 5) is 14.8. The van der Waals surface area contributed by atoms with Crippen LogP contribution in [0.15, 0.2) is 59.5 Å². The molecule has 6 heteroatoms. The lowest BCUT2D eigenvalue weighted by Gasteiger charge is -2.27. The Bertz CT molecular complexity index is 852. The summed E-state index contributed by atoms with van der Waals surface area (Å²) in [6, 6.07) is 15.4. The van der Waals surface area contributed by atoms with Crippen molar-refractivity contribution >= 4 is 21.6 Å². The van der Waals surface area contributed by atoms with Crippen molar-refractivity contribution in [2.24, 2.45) is 0 Å². The van der Waals surface area contributed by atoms with Crippen LogP contribution in [0.4, 0.5) is 5.69 Å². The first-order valence-corrected chi connectivity index (χ1v) is 10.0. The van der Waals surface area contributed by atoms with Gasteiger partial charge in [0.1, 0.15) is 0 Å². The summed E-state index contributed by atoms with van der Waals surface area (Å²) in [7, 11) is -3.62. The third-order valence-electron chi connectivity index (χ3n) is 3.62. The summed E-state index contributed by atoms with van der Waals surface area (Å²) in [5.74, 6) is -0.168. The quantitative estimate of drug-likeness (QED) is 0.865. The van der Waals surface area contributed by atoms with Crippen LogP contribution in [0.3, 0.4) is 0 Å². The maximum absolute atomic E-state index is 12.9. The van der Waals surface area contributed by atoms with E-state index in [-0.39, 0.29) is 16.8 Å². The zero-order chi connectivity index (χ0) is 19.5. The second-order valence-electron chi connectivity index (χ2n) is 7.48. The van der Waals surface area contributed by atoms with E-state index in [2.05, 4.69) is 4.72 Å². The first-order valence-electron chi connectivity index (χ1n) is 8.54. The molecule has 0 aliphatic rings. The van der Waals surface area contributed by atoms with Gasteiger partial charge in [-0.15, -0.1) is 0 Å². The Morgan fingerprint density at radius 1 is 0.962 bits per heavy atom. The molecule has 0 saturated carbocycles. The molecule has 2 aromatic rings. The van der Waals surface area contributed by atoms with E-state index in [4.69, 9.17) is 0 Å². The number of anilines is 1. The number of amides is 1. The normalized spacial score (nSPS) is 12.2. The number of rotatable bonds is 5. The van der Waals surface area contributed by atoms with Crippen molar-refractivity contribution in [1.82, 2.24) is 4.72 Å². The van der Waals surface area contributed by atoms with E-state index in [1.165, 1.54) is 12.1 Å². The second kappa shape index (κ2) is 7.60. The molecule has 0 aliphatic carbocycles. The Labute approximate surface area is 156 Å². The van der Waals surface area contributed by atoms with Gasteiger partial charge in [-0.1, -0.05) is 18.2 Å².